The summed E-state index contributed by atoms with van der Waals surface area (Å²) >= 11 is 1.15. The molecule has 0 radical (unpaired) electrons. The van der Waals surface area contributed by atoms with Crippen LogP contribution in [0.4, 0.5) is 0 Å². The Morgan fingerprint density at radius 1 is 1.56 bits per heavy atom. The fraction of sp³-hybridized carbons (Fsp3) is 0.300. The number of carbonyl (C=O) groups is 2. The van der Waals surface area contributed by atoms with Gasteiger partial charge in [-0.2, -0.15) is 0 Å². The third kappa shape index (κ3) is 3.47. The summed E-state index contributed by atoms with van der Waals surface area (Å²) < 4.78 is 9.23. The highest BCUT2D eigenvalue weighted by atomic mass is 32.1. The lowest BCUT2D eigenvalue weighted by atomic mass is 10.5. The van der Waals surface area contributed by atoms with E-state index >= 15 is 0 Å². The van der Waals surface area contributed by atoms with Gasteiger partial charge in [-0.15, -0.1) is 11.3 Å². The molecule has 1 heterocycles. The van der Waals surface area contributed by atoms with Gasteiger partial charge in [0, 0.05) is 6.08 Å². The Hall–Kier alpha value is -1.69. The molecule has 0 aromatic carbocycles. The minimum Gasteiger partial charge on any atom is -0.465 e. The molecule has 0 saturated heterocycles. The molecular weight excluding hydrogens is 230 g/mol. The van der Waals surface area contributed by atoms with Crippen LogP contribution in [0.1, 0.15) is 21.6 Å². The van der Waals surface area contributed by atoms with Crippen LogP contribution in [0.5, 0.6) is 0 Å². The first-order valence-corrected chi connectivity index (χ1v) is 5.38. The fourth-order valence-corrected chi connectivity index (χ4v) is 1.63. The van der Waals surface area contributed by atoms with Crippen molar-refractivity contribution < 1.29 is 19.1 Å². The quantitative estimate of drug-likeness (QED) is 0.590. The highest BCUT2D eigenvalue weighted by Gasteiger charge is 2.08. The van der Waals surface area contributed by atoms with Crippen LogP contribution in [-0.2, 0) is 14.3 Å². The minimum absolute atomic E-state index is 0.328. The summed E-state index contributed by atoms with van der Waals surface area (Å²) in [6.07, 6.45) is 4.17. The van der Waals surface area contributed by atoms with Gasteiger partial charge in [-0.25, -0.2) is 14.6 Å². The molecule has 6 heteroatoms. The van der Waals surface area contributed by atoms with Crippen LogP contribution in [0.15, 0.2) is 12.3 Å². The Bertz CT molecular complexity index is 411. The fourth-order valence-electron chi connectivity index (χ4n) is 0.889. The third-order valence-electron chi connectivity index (χ3n) is 1.56. The number of aromatic nitrogens is 1. The maximum atomic E-state index is 11.1. The number of hydrogen-bond donors (Lipinski definition) is 0. The van der Waals surface area contributed by atoms with Crippen molar-refractivity contribution >= 4 is 29.4 Å². The smallest absolute Gasteiger partial charge is 0.349 e. The molecule has 0 unspecified atom stereocenters. The van der Waals surface area contributed by atoms with Gasteiger partial charge in [0.2, 0.25) is 0 Å². The van der Waals surface area contributed by atoms with Crippen molar-refractivity contribution in [2.24, 2.45) is 0 Å². The number of hydrogen-bond acceptors (Lipinski definition) is 6. The van der Waals surface area contributed by atoms with Gasteiger partial charge >= 0.3 is 11.9 Å². The summed E-state index contributed by atoms with van der Waals surface area (Å²) in [7, 11) is 1.30. The minimum atomic E-state index is -0.437. The van der Waals surface area contributed by atoms with Crippen molar-refractivity contribution in [1.29, 1.82) is 0 Å². The zero-order valence-corrected chi connectivity index (χ0v) is 9.74. The molecule has 0 fully saturated rings. The number of nitrogens with zero attached hydrogens (tertiary/aromatic N) is 1. The summed E-state index contributed by atoms with van der Waals surface area (Å²) in [5.74, 6) is -0.870. The zero-order valence-electron chi connectivity index (χ0n) is 8.93. The molecule has 86 valence electrons. The van der Waals surface area contributed by atoms with Crippen LogP contribution in [0.2, 0.25) is 0 Å². The Morgan fingerprint density at radius 3 is 2.94 bits per heavy atom. The van der Waals surface area contributed by atoms with Gasteiger partial charge in [0.05, 0.1) is 19.9 Å². The van der Waals surface area contributed by atoms with Crippen LogP contribution in [-0.4, -0.2) is 30.6 Å². The molecule has 0 atom stereocenters. The van der Waals surface area contributed by atoms with E-state index in [0.717, 1.165) is 11.3 Å². The Balaban J connectivity index is 2.65. The molecule has 1 aromatic rings. The molecule has 0 amide bonds. The first kappa shape index (κ1) is 12.4. The van der Waals surface area contributed by atoms with Crippen molar-refractivity contribution in [1.82, 2.24) is 4.98 Å². The first-order valence-electron chi connectivity index (χ1n) is 4.56. The van der Waals surface area contributed by atoms with Gasteiger partial charge in [-0.1, -0.05) is 0 Å². The van der Waals surface area contributed by atoms with E-state index < -0.39 is 11.9 Å². The molecule has 0 N–H and O–H groups in total. The lowest BCUT2D eigenvalue weighted by Crippen LogP contribution is -1.98. The average molecular weight is 241 g/mol. The summed E-state index contributed by atoms with van der Waals surface area (Å²) in [4.78, 5) is 26.4. The van der Waals surface area contributed by atoms with Crippen LogP contribution in [0.3, 0.4) is 0 Å². The van der Waals surface area contributed by atoms with E-state index in [9.17, 15) is 9.59 Å². The second kappa shape index (κ2) is 6.02. The number of ether oxygens (including phenoxy) is 2. The zero-order chi connectivity index (χ0) is 12.0. The summed E-state index contributed by atoms with van der Waals surface area (Å²) in [6.45, 7) is 2.05. The molecule has 1 aromatic heterocycles. The van der Waals surface area contributed by atoms with Crippen molar-refractivity contribution in [3.8, 4) is 0 Å². The number of esters is 2. The lowest BCUT2D eigenvalue weighted by molar-refractivity contribution is -0.137. The molecule has 1 rings (SSSR count). The standard InChI is InChI=1S/C10H11NO4S/c1-3-15-9(12)5-4-8-11-6-7(16-8)10(13)14-2/h4-6H,3H2,1-2H3. The number of rotatable bonds is 4. The first-order chi connectivity index (χ1) is 7.67. The highest BCUT2D eigenvalue weighted by Crippen LogP contribution is 2.15. The second-order valence-electron chi connectivity index (χ2n) is 2.64. The molecule has 5 nitrogen and oxygen atoms in total. The van der Waals surface area contributed by atoms with Crippen molar-refractivity contribution in [2.75, 3.05) is 13.7 Å². The largest absolute Gasteiger partial charge is 0.465 e. The van der Waals surface area contributed by atoms with Gasteiger partial charge in [-0.3, -0.25) is 0 Å². The lowest BCUT2D eigenvalue weighted by Gasteiger charge is -1.93. The van der Waals surface area contributed by atoms with Crippen molar-refractivity contribution in [3.63, 3.8) is 0 Å². The predicted octanol–water partition coefficient (Wildman–Crippen LogP) is 1.51. The van der Waals surface area contributed by atoms with Gasteiger partial charge < -0.3 is 9.47 Å². The number of methoxy groups -OCH3 is 1. The molecule has 0 aliphatic carbocycles. The van der Waals surface area contributed by atoms with Gasteiger partial charge in [0.1, 0.15) is 9.88 Å². The molecular formula is C10H11NO4S. The Kier molecular flexibility index (Phi) is 4.65. The normalized spacial score (nSPS) is 10.4. The molecule has 0 saturated carbocycles. The van der Waals surface area contributed by atoms with Gasteiger partial charge in [0.15, 0.2) is 0 Å². The van der Waals surface area contributed by atoms with Crippen LogP contribution in [0, 0.1) is 0 Å². The van der Waals surface area contributed by atoms with E-state index in [2.05, 4.69) is 9.72 Å². The predicted molar refractivity (Wildman–Crippen MR) is 59.1 cm³/mol. The van der Waals surface area contributed by atoms with Crippen molar-refractivity contribution in [3.05, 3.63) is 22.2 Å². The second-order valence-corrected chi connectivity index (χ2v) is 3.70. The van der Waals surface area contributed by atoms with Gasteiger partial charge in [-0.05, 0) is 13.0 Å². The van der Waals surface area contributed by atoms with E-state index in [0.29, 0.717) is 16.5 Å². The van der Waals surface area contributed by atoms with Gasteiger partial charge in [0.25, 0.3) is 0 Å². The maximum absolute atomic E-state index is 11.1. The monoisotopic (exact) mass is 241 g/mol. The number of carbonyl (C=O) groups excluding carboxylic acids is 2. The van der Waals surface area contributed by atoms with E-state index in [1.165, 1.54) is 25.5 Å². The molecule has 0 spiro atoms. The summed E-state index contributed by atoms with van der Waals surface area (Å²) in [5.41, 5.74) is 0. The van der Waals surface area contributed by atoms with E-state index in [1.807, 2.05) is 0 Å². The SMILES string of the molecule is CCOC(=O)C=Cc1ncc(C(=O)OC)s1. The van der Waals surface area contributed by atoms with Crippen molar-refractivity contribution in [2.45, 2.75) is 6.92 Å². The summed E-state index contributed by atoms with van der Waals surface area (Å²) in [5, 5.41) is 0.549. The highest BCUT2D eigenvalue weighted by molar-refractivity contribution is 7.14. The van der Waals surface area contributed by atoms with Crippen LogP contribution in [0.25, 0.3) is 6.08 Å². The topological polar surface area (TPSA) is 65.5 Å². The third-order valence-corrected chi connectivity index (χ3v) is 2.50. The van der Waals surface area contributed by atoms with Crippen LogP contribution < -0.4 is 0 Å². The Morgan fingerprint density at radius 2 is 2.31 bits per heavy atom. The molecule has 16 heavy (non-hydrogen) atoms. The maximum Gasteiger partial charge on any atom is 0.349 e. The molecule has 0 aliphatic rings. The average Bonchev–Trinajstić information content (AvgIpc) is 2.74. The van der Waals surface area contributed by atoms with E-state index in [-0.39, 0.29) is 0 Å². The number of thiazole rings is 1. The Labute approximate surface area is 96.7 Å². The molecule has 0 bridgehead atoms. The van der Waals surface area contributed by atoms with E-state index in [1.54, 1.807) is 6.92 Å². The van der Waals surface area contributed by atoms with E-state index in [4.69, 9.17) is 4.74 Å². The summed E-state index contributed by atoms with van der Waals surface area (Å²) in [6, 6.07) is 0. The molecule has 0 aliphatic heterocycles. The van der Waals surface area contributed by atoms with Crippen LogP contribution >= 0.6 is 11.3 Å².